The molecule has 0 bridgehead atoms. The third kappa shape index (κ3) is 8.14. The van der Waals surface area contributed by atoms with Crippen LogP contribution in [0, 0.1) is 6.92 Å². The van der Waals surface area contributed by atoms with Crippen LogP contribution >= 0.6 is 0 Å². The van der Waals surface area contributed by atoms with Crippen LogP contribution in [-0.4, -0.2) is 67.0 Å². The molecular weight excluding hydrogens is 422 g/mol. The minimum Gasteiger partial charge on any atom is -0.492 e. The van der Waals surface area contributed by atoms with Crippen LogP contribution in [0.1, 0.15) is 63.4 Å². The maximum atomic E-state index is 12.7. The highest BCUT2D eigenvalue weighted by Gasteiger charge is 2.36. The van der Waals surface area contributed by atoms with Crippen LogP contribution in [0.25, 0.3) is 0 Å². The van der Waals surface area contributed by atoms with Crippen LogP contribution in [0.5, 0.6) is 5.75 Å². The van der Waals surface area contributed by atoms with Crippen LogP contribution in [0.2, 0.25) is 0 Å². The molecule has 0 N–H and O–H groups in total. The van der Waals surface area contributed by atoms with Crippen molar-refractivity contribution in [2.75, 3.05) is 46.4 Å². The van der Waals surface area contributed by atoms with E-state index < -0.39 is 0 Å². The minimum absolute atomic E-state index is 0.0217. The fourth-order valence-corrected chi connectivity index (χ4v) is 4.45. The summed E-state index contributed by atoms with van der Waals surface area (Å²) in [6.45, 7) is 15.6. The van der Waals surface area contributed by atoms with Crippen LogP contribution in [0.3, 0.4) is 0 Å². The standard InChI is InChI=1S/C27H39N3O2.C2H6/c1-5-16-29(17-6-2)19-20-32-25-13-11-24(12-14-25)27-28(4)21-26(31)30(27)18-15-23-9-7-22(3)8-10-23;1-2/h7-14,27H,5-6,15-21H2,1-4H3;1-2H3. The SMILES string of the molecule is CC.CCCN(CCC)CCOc1ccc(C2N(C)CC(=O)N2CCc2ccc(C)cc2)cc1. The molecule has 1 fully saturated rings. The number of aryl methyl sites for hydroxylation is 1. The highest BCUT2D eigenvalue weighted by Crippen LogP contribution is 2.30. The highest BCUT2D eigenvalue weighted by molar-refractivity contribution is 5.81. The van der Waals surface area contributed by atoms with Crippen molar-refractivity contribution >= 4 is 5.91 Å². The fourth-order valence-electron chi connectivity index (χ4n) is 4.45. The van der Waals surface area contributed by atoms with Gasteiger partial charge in [-0.25, -0.2) is 0 Å². The molecule has 0 spiro atoms. The Morgan fingerprint density at radius 2 is 1.56 bits per heavy atom. The molecule has 5 heteroatoms. The Bertz CT molecular complexity index is 829. The van der Waals surface area contributed by atoms with Crippen molar-refractivity contribution in [2.45, 2.75) is 60.0 Å². The quantitative estimate of drug-likeness (QED) is 0.411. The number of hydrogen-bond acceptors (Lipinski definition) is 4. The van der Waals surface area contributed by atoms with Crippen molar-refractivity contribution in [3.8, 4) is 5.75 Å². The number of nitrogens with zero attached hydrogens (tertiary/aromatic N) is 3. The number of benzene rings is 2. The highest BCUT2D eigenvalue weighted by atomic mass is 16.5. The van der Waals surface area contributed by atoms with E-state index in [1.54, 1.807) is 0 Å². The number of amides is 1. The molecular formula is C29H45N3O2. The molecule has 1 saturated heterocycles. The molecule has 1 aliphatic heterocycles. The Kier molecular flexibility index (Phi) is 12.1. The Morgan fingerprint density at radius 1 is 0.941 bits per heavy atom. The van der Waals surface area contributed by atoms with Gasteiger partial charge < -0.3 is 9.64 Å². The predicted octanol–water partition coefficient (Wildman–Crippen LogP) is 5.54. The Labute approximate surface area is 207 Å². The summed E-state index contributed by atoms with van der Waals surface area (Å²) in [6.07, 6.45) is 3.18. The molecule has 1 amide bonds. The number of ether oxygens (including phenoxy) is 1. The average Bonchev–Trinajstić information content (AvgIpc) is 3.13. The normalized spacial score (nSPS) is 16.0. The Morgan fingerprint density at radius 3 is 2.15 bits per heavy atom. The van der Waals surface area contributed by atoms with Crippen molar-refractivity contribution < 1.29 is 9.53 Å². The Hall–Kier alpha value is -2.37. The van der Waals surface area contributed by atoms with E-state index in [0.717, 1.165) is 43.9 Å². The number of likely N-dealkylation sites (N-methyl/N-ethyl adjacent to an activating group) is 1. The van der Waals surface area contributed by atoms with Crippen molar-refractivity contribution in [2.24, 2.45) is 0 Å². The van der Waals surface area contributed by atoms with Crippen molar-refractivity contribution in [1.82, 2.24) is 14.7 Å². The summed E-state index contributed by atoms with van der Waals surface area (Å²) in [5.74, 6) is 1.08. The molecule has 2 aromatic carbocycles. The van der Waals surface area contributed by atoms with Gasteiger partial charge >= 0.3 is 0 Å². The second-order valence-electron chi connectivity index (χ2n) is 8.87. The van der Waals surface area contributed by atoms with Gasteiger partial charge in [-0.3, -0.25) is 14.6 Å². The third-order valence-electron chi connectivity index (χ3n) is 6.11. The summed E-state index contributed by atoms with van der Waals surface area (Å²) in [7, 11) is 2.02. The third-order valence-corrected chi connectivity index (χ3v) is 6.11. The summed E-state index contributed by atoms with van der Waals surface area (Å²) in [5, 5.41) is 0. The lowest BCUT2D eigenvalue weighted by Gasteiger charge is -2.28. The molecule has 0 radical (unpaired) electrons. The zero-order chi connectivity index (χ0) is 24.9. The Balaban J connectivity index is 0.00000199. The number of hydrogen-bond donors (Lipinski definition) is 0. The first-order valence-corrected chi connectivity index (χ1v) is 13.0. The van der Waals surface area contributed by atoms with Crippen molar-refractivity contribution in [3.63, 3.8) is 0 Å². The van der Waals surface area contributed by atoms with Gasteiger partial charge in [-0.05, 0) is 69.6 Å². The van der Waals surface area contributed by atoms with E-state index >= 15 is 0 Å². The van der Waals surface area contributed by atoms with E-state index in [9.17, 15) is 4.79 Å². The van der Waals surface area contributed by atoms with Gasteiger partial charge in [0.1, 0.15) is 18.5 Å². The fraction of sp³-hybridized carbons (Fsp3) is 0.552. The number of carbonyl (C=O) groups excluding carboxylic acids is 1. The lowest BCUT2D eigenvalue weighted by molar-refractivity contribution is -0.128. The first-order chi connectivity index (χ1) is 16.5. The second kappa shape index (κ2) is 14.8. The van der Waals surface area contributed by atoms with Crippen LogP contribution in [0.4, 0.5) is 0 Å². The maximum Gasteiger partial charge on any atom is 0.238 e. The summed E-state index contributed by atoms with van der Waals surface area (Å²) in [6, 6.07) is 16.8. The van der Waals surface area contributed by atoms with Gasteiger partial charge in [0.25, 0.3) is 0 Å². The molecule has 34 heavy (non-hydrogen) atoms. The van der Waals surface area contributed by atoms with Crippen LogP contribution < -0.4 is 4.74 Å². The molecule has 188 valence electrons. The zero-order valence-electron chi connectivity index (χ0n) is 22.2. The van der Waals surface area contributed by atoms with E-state index in [2.05, 4.69) is 67.0 Å². The summed E-state index contributed by atoms with van der Waals surface area (Å²) in [4.78, 5) is 19.3. The smallest absolute Gasteiger partial charge is 0.238 e. The number of carbonyl (C=O) groups is 1. The summed E-state index contributed by atoms with van der Waals surface area (Å²) < 4.78 is 6.00. The molecule has 1 atom stereocenters. The molecule has 1 aliphatic rings. The molecule has 1 unspecified atom stereocenters. The van der Waals surface area contributed by atoms with E-state index in [-0.39, 0.29) is 12.1 Å². The van der Waals surface area contributed by atoms with Gasteiger partial charge in [-0.15, -0.1) is 0 Å². The first-order valence-electron chi connectivity index (χ1n) is 13.0. The van der Waals surface area contributed by atoms with E-state index in [0.29, 0.717) is 13.2 Å². The van der Waals surface area contributed by atoms with Gasteiger partial charge in [0, 0.05) is 13.1 Å². The summed E-state index contributed by atoms with van der Waals surface area (Å²) >= 11 is 0. The molecule has 0 aromatic heterocycles. The van der Waals surface area contributed by atoms with Gasteiger partial charge in [0.05, 0.1) is 6.54 Å². The van der Waals surface area contributed by atoms with E-state index in [1.807, 2.05) is 37.9 Å². The largest absolute Gasteiger partial charge is 0.492 e. The van der Waals surface area contributed by atoms with Gasteiger partial charge in [-0.2, -0.15) is 0 Å². The van der Waals surface area contributed by atoms with Gasteiger partial charge in [-0.1, -0.05) is 69.7 Å². The van der Waals surface area contributed by atoms with E-state index in [1.165, 1.54) is 24.0 Å². The lowest BCUT2D eigenvalue weighted by atomic mass is 10.1. The van der Waals surface area contributed by atoms with Crippen LogP contribution in [-0.2, 0) is 11.2 Å². The van der Waals surface area contributed by atoms with Gasteiger partial charge in [0.2, 0.25) is 5.91 Å². The monoisotopic (exact) mass is 467 g/mol. The predicted molar refractivity (Wildman–Crippen MR) is 142 cm³/mol. The van der Waals surface area contributed by atoms with Crippen molar-refractivity contribution in [1.29, 1.82) is 0 Å². The molecule has 1 heterocycles. The van der Waals surface area contributed by atoms with Gasteiger partial charge in [0.15, 0.2) is 0 Å². The average molecular weight is 468 g/mol. The summed E-state index contributed by atoms with van der Waals surface area (Å²) in [5.41, 5.74) is 3.66. The number of rotatable bonds is 12. The van der Waals surface area contributed by atoms with Crippen LogP contribution in [0.15, 0.2) is 48.5 Å². The molecule has 0 saturated carbocycles. The molecule has 5 nitrogen and oxygen atoms in total. The first kappa shape index (κ1) is 27.9. The van der Waals surface area contributed by atoms with E-state index in [4.69, 9.17) is 4.74 Å². The zero-order valence-corrected chi connectivity index (χ0v) is 22.2. The second-order valence-corrected chi connectivity index (χ2v) is 8.87. The lowest BCUT2D eigenvalue weighted by Crippen LogP contribution is -2.32. The topological polar surface area (TPSA) is 36.0 Å². The van der Waals surface area contributed by atoms with Crippen molar-refractivity contribution in [3.05, 3.63) is 65.2 Å². The maximum absolute atomic E-state index is 12.7. The molecule has 2 aromatic rings. The molecule has 0 aliphatic carbocycles. The minimum atomic E-state index is -0.0217. The molecule has 3 rings (SSSR count).